The third kappa shape index (κ3) is 2.95. The van der Waals surface area contributed by atoms with Crippen molar-refractivity contribution in [2.45, 2.75) is 10.8 Å². The molecule has 22 heavy (non-hydrogen) atoms. The molecule has 3 rings (SSSR count). The van der Waals surface area contributed by atoms with Gasteiger partial charge in [-0.05, 0) is 11.6 Å². The molecule has 0 aliphatic carbocycles. The lowest BCUT2D eigenvalue weighted by molar-refractivity contribution is 1.09. The topological polar surface area (TPSA) is 91.4 Å². The van der Waals surface area contributed by atoms with Crippen LogP contribution in [0.1, 0.15) is 11.4 Å². The molecular formula is C16H13N5S. The Morgan fingerprint density at radius 1 is 1.27 bits per heavy atom. The number of nitrogens with one attached hydrogen (secondary N) is 1. The number of aromatic amines is 1. The summed E-state index contributed by atoms with van der Waals surface area (Å²) >= 11 is 1.44. The highest BCUT2D eigenvalue weighted by Crippen LogP contribution is 2.32. The highest BCUT2D eigenvalue weighted by atomic mass is 32.2. The Hall–Kier alpha value is -2.78. The number of H-pyrrole nitrogens is 1. The first-order valence-electron chi connectivity index (χ1n) is 6.65. The normalized spacial score (nSPS) is 10.3. The molecule has 0 aliphatic rings. The Kier molecular flexibility index (Phi) is 4.08. The molecule has 108 valence electrons. The number of anilines is 1. The van der Waals surface area contributed by atoms with Crippen LogP contribution in [0, 0.1) is 11.3 Å². The Bertz CT molecular complexity index is 807. The van der Waals surface area contributed by atoms with Crippen molar-refractivity contribution in [3.05, 3.63) is 60.2 Å². The quantitative estimate of drug-likeness (QED) is 0.722. The van der Waals surface area contributed by atoms with Gasteiger partial charge in [-0.1, -0.05) is 42.1 Å². The zero-order valence-corrected chi connectivity index (χ0v) is 12.5. The van der Waals surface area contributed by atoms with Crippen molar-refractivity contribution < 1.29 is 0 Å². The van der Waals surface area contributed by atoms with Crippen LogP contribution in [-0.4, -0.2) is 15.0 Å². The largest absolute Gasteiger partial charge is 0.384 e. The minimum Gasteiger partial charge on any atom is -0.384 e. The predicted molar refractivity (Wildman–Crippen MR) is 86.9 cm³/mol. The van der Waals surface area contributed by atoms with Gasteiger partial charge >= 0.3 is 0 Å². The first kappa shape index (κ1) is 14.2. The minimum absolute atomic E-state index is 0.403. The second-order valence-corrected chi connectivity index (χ2v) is 5.54. The standard InChI is InChI=1S/C16H13N5S/c17-9-13-12(11-4-2-1-3-5-11)8-14(18)21-16(13)22-10-15-19-6-7-20-15/h1-8H,10H2,(H2,18,21)(H,19,20). The average Bonchev–Trinajstić information content (AvgIpc) is 3.06. The summed E-state index contributed by atoms with van der Waals surface area (Å²) in [6, 6.07) is 13.7. The molecule has 0 atom stereocenters. The summed E-state index contributed by atoms with van der Waals surface area (Å²) in [5.74, 6) is 1.84. The molecule has 6 heteroatoms. The van der Waals surface area contributed by atoms with Crippen LogP contribution in [0.5, 0.6) is 0 Å². The van der Waals surface area contributed by atoms with Crippen LogP contribution >= 0.6 is 11.8 Å². The number of hydrogen-bond donors (Lipinski definition) is 2. The van der Waals surface area contributed by atoms with E-state index in [0.717, 1.165) is 17.0 Å². The number of imidazole rings is 1. The highest BCUT2D eigenvalue weighted by molar-refractivity contribution is 7.98. The van der Waals surface area contributed by atoms with Crippen LogP contribution in [0.25, 0.3) is 11.1 Å². The number of rotatable bonds is 4. The van der Waals surface area contributed by atoms with Crippen molar-refractivity contribution in [3.8, 4) is 17.2 Å². The molecule has 2 aromatic heterocycles. The Morgan fingerprint density at radius 3 is 2.77 bits per heavy atom. The lowest BCUT2D eigenvalue weighted by Crippen LogP contribution is -1.98. The van der Waals surface area contributed by atoms with E-state index >= 15 is 0 Å². The molecule has 0 spiro atoms. The fourth-order valence-corrected chi connectivity index (χ4v) is 3.01. The smallest absolute Gasteiger partial charge is 0.125 e. The van der Waals surface area contributed by atoms with Crippen LogP contribution in [0.4, 0.5) is 5.82 Å². The lowest BCUT2D eigenvalue weighted by atomic mass is 10.0. The number of aromatic nitrogens is 3. The van der Waals surface area contributed by atoms with Gasteiger partial charge in [0.1, 0.15) is 22.7 Å². The first-order chi connectivity index (χ1) is 10.8. The van der Waals surface area contributed by atoms with Crippen molar-refractivity contribution in [2.24, 2.45) is 0 Å². The number of pyridine rings is 1. The maximum absolute atomic E-state index is 9.54. The first-order valence-corrected chi connectivity index (χ1v) is 7.63. The van der Waals surface area contributed by atoms with Gasteiger partial charge in [0.2, 0.25) is 0 Å². The summed E-state index contributed by atoms with van der Waals surface area (Å²) in [5, 5.41) is 10.2. The molecule has 0 fully saturated rings. The number of nitrogens with two attached hydrogens (primary N) is 1. The second kappa shape index (κ2) is 6.33. The van der Waals surface area contributed by atoms with Crippen LogP contribution in [-0.2, 0) is 5.75 Å². The van der Waals surface area contributed by atoms with Crippen LogP contribution in [0.3, 0.4) is 0 Å². The van der Waals surface area contributed by atoms with Crippen molar-refractivity contribution in [2.75, 3.05) is 5.73 Å². The SMILES string of the molecule is N#Cc1c(-c2ccccc2)cc(N)nc1SCc1ncc[nH]1. The molecule has 0 aliphatic heterocycles. The molecule has 0 radical (unpaired) electrons. The van der Waals surface area contributed by atoms with Crippen molar-refractivity contribution in [3.63, 3.8) is 0 Å². The summed E-state index contributed by atoms with van der Waals surface area (Å²) < 4.78 is 0. The molecule has 0 bridgehead atoms. The van der Waals surface area contributed by atoms with E-state index in [0.29, 0.717) is 22.2 Å². The van der Waals surface area contributed by atoms with Gasteiger partial charge < -0.3 is 10.7 Å². The molecule has 0 amide bonds. The van der Waals surface area contributed by atoms with E-state index in [9.17, 15) is 5.26 Å². The maximum Gasteiger partial charge on any atom is 0.125 e. The van der Waals surface area contributed by atoms with E-state index in [1.165, 1.54) is 11.8 Å². The monoisotopic (exact) mass is 307 g/mol. The fraction of sp³-hybridized carbons (Fsp3) is 0.0625. The third-order valence-corrected chi connectivity index (χ3v) is 4.09. The number of hydrogen-bond acceptors (Lipinski definition) is 5. The number of benzene rings is 1. The fourth-order valence-electron chi connectivity index (χ4n) is 2.11. The van der Waals surface area contributed by atoms with Crippen molar-refractivity contribution in [1.82, 2.24) is 15.0 Å². The van der Waals surface area contributed by atoms with E-state index in [1.807, 2.05) is 30.3 Å². The van der Waals surface area contributed by atoms with Gasteiger partial charge in [-0.3, -0.25) is 0 Å². The van der Waals surface area contributed by atoms with Gasteiger partial charge in [-0.25, -0.2) is 9.97 Å². The molecule has 0 saturated carbocycles. The number of thioether (sulfide) groups is 1. The van der Waals surface area contributed by atoms with Gasteiger partial charge in [0.05, 0.1) is 11.3 Å². The van der Waals surface area contributed by atoms with Gasteiger partial charge in [0, 0.05) is 18.0 Å². The average molecular weight is 307 g/mol. The molecule has 0 unspecified atom stereocenters. The van der Waals surface area contributed by atoms with E-state index in [2.05, 4.69) is 21.0 Å². The van der Waals surface area contributed by atoms with E-state index < -0.39 is 0 Å². The summed E-state index contributed by atoms with van der Waals surface area (Å²) in [5.41, 5.74) is 8.21. The highest BCUT2D eigenvalue weighted by Gasteiger charge is 2.14. The summed E-state index contributed by atoms with van der Waals surface area (Å²) in [4.78, 5) is 11.5. The van der Waals surface area contributed by atoms with E-state index in [1.54, 1.807) is 18.5 Å². The van der Waals surface area contributed by atoms with Gasteiger partial charge in [-0.15, -0.1) is 0 Å². The van der Waals surface area contributed by atoms with Crippen LogP contribution < -0.4 is 5.73 Å². The summed E-state index contributed by atoms with van der Waals surface area (Å²) in [6.45, 7) is 0. The molecule has 2 heterocycles. The zero-order valence-electron chi connectivity index (χ0n) is 11.7. The van der Waals surface area contributed by atoms with Crippen LogP contribution in [0.2, 0.25) is 0 Å². The van der Waals surface area contributed by atoms with Crippen molar-refractivity contribution >= 4 is 17.6 Å². The minimum atomic E-state index is 0.403. The molecular weight excluding hydrogens is 294 g/mol. The van der Waals surface area contributed by atoms with E-state index in [-0.39, 0.29) is 0 Å². The number of nitrogens with zero attached hydrogens (tertiary/aromatic N) is 3. The lowest BCUT2D eigenvalue weighted by Gasteiger charge is -2.10. The van der Waals surface area contributed by atoms with E-state index in [4.69, 9.17) is 5.73 Å². The number of nitrogen functional groups attached to an aromatic ring is 1. The molecule has 5 nitrogen and oxygen atoms in total. The Balaban J connectivity index is 2.00. The molecule has 1 aromatic carbocycles. The van der Waals surface area contributed by atoms with Gasteiger partial charge in [0.25, 0.3) is 0 Å². The predicted octanol–water partition coefficient (Wildman–Crippen LogP) is 3.22. The van der Waals surface area contributed by atoms with Crippen molar-refractivity contribution in [1.29, 1.82) is 5.26 Å². The van der Waals surface area contributed by atoms with Gasteiger partial charge in [0.15, 0.2) is 0 Å². The number of nitriles is 1. The molecule has 3 aromatic rings. The Morgan fingerprint density at radius 2 is 2.09 bits per heavy atom. The van der Waals surface area contributed by atoms with Crippen LogP contribution in [0.15, 0.2) is 53.8 Å². The summed E-state index contributed by atoms with van der Waals surface area (Å²) in [6.07, 6.45) is 3.46. The molecule has 3 N–H and O–H groups in total. The third-order valence-electron chi connectivity index (χ3n) is 3.10. The zero-order chi connectivity index (χ0) is 15.4. The maximum atomic E-state index is 9.54. The summed E-state index contributed by atoms with van der Waals surface area (Å²) in [7, 11) is 0. The molecule has 0 saturated heterocycles. The van der Waals surface area contributed by atoms with Gasteiger partial charge in [-0.2, -0.15) is 5.26 Å². The second-order valence-electron chi connectivity index (χ2n) is 4.58. The Labute approximate surface area is 132 Å².